The van der Waals surface area contributed by atoms with E-state index in [-0.39, 0.29) is 12.2 Å². The lowest BCUT2D eigenvalue weighted by molar-refractivity contribution is 0.0601. The van der Waals surface area contributed by atoms with Gasteiger partial charge in [-0.1, -0.05) is 54.6 Å². The van der Waals surface area contributed by atoms with Crippen molar-refractivity contribution in [2.75, 3.05) is 20.8 Å². The maximum atomic E-state index is 14.4. The lowest BCUT2D eigenvalue weighted by atomic mass is 9.94. The number of nitriles is 1. The van der Waals surface area contributed by atoms with Gasteiger partial charge >= 0.3 is 5.97 Å². The van der Waals surface area contributed by atoms with Crippen LogP contribution in [0.2, 0.25) is 0 Å². The van der Waals surface area contributed by atoms with Gasteiger partial charge in [0.1, 0.15) is 18.2 Å². The maximum Gasteiger partial charge on any atom is 0.337 e. The van der Waals surface area contributed by atoms with E-state index in [4.69, 9.17) is 29.4 Å². The number of ether oxygens (including phenoxy) is 3. The number of hydrogen-bond donors (Lipinski definition) is 0. The lowest BCUT2D eigenvalue weighted by Gasteiger charge is -2.14. The first kappa shape index (κ1) is 31.1. The molecule has 0 N–H and O–H groups in total. The molecule has 2 aromatic heterocycles. The van der Waals surface area contributed by atoms with Crippen LogP contribution in [0.15, 0.2) is 103 Å². The summed E-state index contributed by atoms with van der Waals surface area (Å²) in [4.78, 5) is 21.9. The van der Waals surface area contributed by atoms with Crippen molar-refractivity contribution in [3.8, 4) is 34.3 Å². The summed E-state index contributed by atoms with van der Waals surface area (Å²) in [7, 11) is 3.02. The highest BCUT2D eigenvalue weighted by Gasteiger charge is 2.17. The Bertz CT molecular complexity index is 2100. The minimum atomic E-state index is -0.497. The van der Waals surface area contributed by atoms with E-state index in [2.05, 4.69) is 28.8 Å². The number of imidazole rings is 1. The van der Waals surface area contributed by atoms with Crippen molar-refractivity contribution in [1.29, 1.82) is 5.26 Å². The first-order chi connectivity index (χ1) is 23.0. The number of nitrogens with zero attached hydrogens (tertiary/aromatic N) is 4. The molecule has 0 saturated heterocycles. The Kier molecular flexibility index (Phi) is 9.32. The van der Waals surface area contributed by atoms with Gasteiger partial charge in [0.2, 0.25) is 5.88 Å². The fourth-order valence-electron chi connectivity index (χ4n) is 5.47. The summed E-state index contributed by atoms with van der Waals surface area (Å²) in [6.07, 6.45) is 0.531. The molecule has 4 aromatic carbocycles. The number of esters is 1. The molecule has 0 saturated carbocycles. The van der Waals surface area contributed by atoms with E-state index >= 15 is 0 Å². The monoisotopic (exact) mass is 626 g/mol. The van der Waals surface area contributed by atoms with Crippen molar-refractivity contribution in [1.82, 2.24) is 14.5 Å². The summed E-state index contributed by atoms with van der Waals surface area (Å²) in [6, 6.07) is 33.4. The number of halogens is 1. The second-order valence-electron chi connectivity index (χ2n) is 10.9. The molecule has 6 rings (SSSR count). The first-order valence-corrected chi connectivity index (χ1v) is 15.0. The molecule has 0 fully saturated rings. The molecule has 0 aliphatic carbocycles. The topological polar surface area (TPSA) is 99.3 Å². The number of rotatable bonds is 11. The van der Waals surface area contributed by atoms with E-state index in [1.807, 2.05) is 54.6 Å². The summed E-state index contributed by atoms with van der Waals surface area (Å²) >= 11 is 0. The Morgan fingerprint density at radius 3 is 2.47 bits per heavy atom. The molecule has 0 unspecified atom stereocenters. The Morgan fingerprint density at radius 1 is 0.872 bits per heavy atom. The van der Waals surface area contributed by atoms with Crippen molar-refractivity contribution in [3.63, 3.8) is 0 Å². The van der Waals surface area contributed by atoms with Crippen LogP contribution >= 0.6 is 0 Å². The molecule has 234 valence electrons. The highest BCUT2D eigenvalue weighted by atomic mass is 19.1. The maximum absolute atomic E-state index is 14.4. The minimum Gasteiger partial charge on any atom is -0.473 e. The van der Waals surface area contributed by atoms with Crippen molar-refractivity contribution < 1.29 is 23.4 Å². The molecule has 0 atom stereocenters. The van der Waals surface area contributed by atoms with E-state index in [9.17, 15) is 9.18 Å². The van der Waals surface area contributed by atoms with Crippen LogP contribution < -0.4 is 4.74 Å². The normalized spacial score (nSPS) is 10.9. The number of carbonyl (C=O) groups excluding carboxylic acids is 1. The third kappa shape index (κ3) is 6.88. The van der Waals surface area contributed by atoms with Crippen molar-refractivity contribution in [2.24, 2.45) is 0 Å². The average molecular weight is 627 g/mol. The third-order valence-corrected chi connectivity index (χ3v) is 7.89. The van der Waals surface area contributed by atoms with Gasteiger partial charge in [0, 0.05) is 37.3 Å². The fourth-order valence-corrected chi connectivity index (χ4v) is 5.47. The molecule has 2 heterocycles. The van der Waals surface area contributed by atoms with E-state index in [1.165, 1.54) is 13.2 Å². The predicted octanol–water partition coefficient (Wildman–Crippen LogP) is 7.38. The van der Waals surface area contributed by atoms with Gasteiger partial charge in [0.25, 0.3) is 0 Å². The molecule has 0 spiro atoms. The van der Waals surface area contributed by atoms with Crippen LogP contribution in [0.5, 0.6) is 5.88 Å². The number of methoxy groups -OCH3 is 2. The van der Waals surface area contributed by atoms with Crippen molar-refractivity contribution >= 4 is 17.0 Å². The van der Waals surface area contributed by atoms with Crippen LogP contribution in [0, 0.1) is 17.1 Å². The van der Waals surface area contributed by atoms with Gasteiger partial charge in [-0.05, 0) is 59.2 Å². The van der Waals surface area contributed by atoms with Crippen LogP contribution in [0.4, 0.5) is 4.39 Å². The van der Waals surface area contributed by atoms with Gasteiger partial charge in [-0.15, -0.1) is 0 Å². The molecule has 0 aliphatic heterocycles. The Hall–Kier alpha value is -5.85. The standard InChI is InChI=1S/C38H31FN4O4/c1-45-18-17-43-35-21-29(38(44)46-2)15-16-34(35)41-36(43)22-27-13-14-28(20-31(27)26-7-4-3-5-8-26)33-9-6-10-37(42-33)47-24-30-12-11-25(23-40)19-32(30)39/h3-16,19-21H,17-18,22,24H2,1-2H3. The Morgan fingerprint density at radius 2 is 1.70 bits per heavy atom. The van der Waals surface area contributed by atoms with Crippen LogP contribution in [-0.2, 0) is 29.0 Å². The number of pyridine rings is 1. The number of fused-ring (bicyclic) bond motifs is 1. The highest BCUT2D eigenvalue weighted by molar-refractivity contribution is 5.93. The zero-order valence-electron chi connectivity index (χ0n) is 25.9. The second kappa shape index (κ2) is 14.1. The van der Waals surface area contributed by atoms with E-state index < -0.39 is 11.8 Å². The molecular formula is C38H31FN4O4. The van der Waals surface area contributed by atoms with Crippen LogP contribution in [0.1, 0.15) is 32.9 Å². The molecule has 0 amide bonds. The van der Waals surface area contributed by atoms with E-state index in [0.717, 1.165) is 39.1 Å². The van der Waals surface area contributed by atoms with Gasteiger partial charge in [0.05, 0.1) is 47.6 Å². The van der Waals surface area contributed by atoms with Gasteiger partial charge in [-0.2, -0.15) is 5.26 Å². The largest absolute Gasteiger partial charge is 0.473 e. The Labute approximate surface area is 271 Å². The molecular weight excluding hydrogens is 595 g/mol. The third-order valence-electron chi connectivity index (χ3n) is 7.89. The molecule has 0 bridgehead atoms. The lowest BCUT2D eigenvalue weighted by Crippen LogP contribution is -2.10. The second-order valence-corrected chi connectivity index (χ2v) is 10.9. The number of carbonyl (C=O) groups is 1. The number of aromatic nitrogens is 3. The summed E-state index contributed by atoms with van der Waals surface area (Å²) in [6.45, 7) is 1.02. The van der Waals surface area contributed by atoms with Gasteiger partial charge in [-0.3, -0.25) is 0 Å². The zero-order valence-corrected chi connectivity index (χ0v) is 25.9. The van der Waals surface area contributed by atoms with Crippen molar-refractivity contribution in [2.45, 2.75) is 19.6 Å². The summed E-state index contributed by atoms with van der Waals surface area (Å²) < 4.78 is 32.7. The molecule has 6 aromatic rings. The van der Waals surface area contributed by atoms with Crippen LogP contribution in [0.3, 0.4) is 0 Å². The van der Waals surface area contributed by atoms with Crippen molar-refractivity contribution in [3.05, 3.63) is 137 Å². The minimum absolute atomic E-state index is 0.0204. The summed E-state index contributed by atoms with van der Waals surface area (Å²) in [5.74, 6) is 0.296. The van der Waals surface area contributed by atoms with Gasteiger partial charge in [0.15, 0.2) is 0 Å². The fraction of sp³-hybridized carbons (Fsp3) is 0.158. The molecule has 47 heavy (non-hydrogen) atoms. The quantitative estimate of drug-likeness (QED) is 0.138. The Balaban J connectivity index is 1.34. The van der Waals surface area contributed by atoms with E-state index in [1.54, 1.807) is 31.4 Å². The van der Waals surface area contributed by atoms with Crippen LogP contribution in [0.25, 0.3) is 33.4 Å². The SMILES string of the molecule is COCCn1c(Cc2ccc(-c3cccc(OCc4ccc(C#N)cc4F)n3)cc2-c2ccccc2)nc2ccc(C(=O)OC)cc21. The zero-order chi connectivity index (χ0) is 32.8. The van der Waals surface area contributed by atoms with Crippen LogP contribution in [-0.4, -0.2) is 41.3 Å². The van der Waals surface area contributed by atoms with E-state index in [0.29, 0.717) is 42.3 Å². The average Bonchev–Trinajstić information content (AvgIpc) is 3.46. The number of hydrogen-bond acceptors (Lipinski definition) is 7. The highest BCUT2D eigenvalue weighted by Crippen LogP contribution is 2.32. The molecule has 0 aliphatic rings. The first-order valence-electron chi connectivity index (χ1n) is 15.0. The molecule has 9 heteroatoms. The number of benzene rings is 4. The smallest absolute Gasteiger partial charge is 0.337 e. The molecule has 8 nitrogen and oxygen atoms in total. The predicted molar refractivity (Wildman–Crippen MR) is 176 cm³/mol. The van der Waals surface area contributed by atoms with Gasteiger partial charge < -0.3 is 18.8 Å². The van der Waals surface area contributed by atoms with Gasteiger partial charge in [-0.25, -0.2) is 19.2 Å². The summed E-state index contributed by atoms with van der Waals surface area (Å²) in [5.41, 5.74) is 7.38. The summed E-state index contributed by atoms with van der Waals surface area (Å²) in [5, 5.41) is 9.01. The molecule has 0 radical (unpaired) electrons.